The number of urea groups is 2. The number of aryl methyl sites for hydroxylation is 2. The van der Waals surface area contributed by atoms with Crippen LogP contribution in [-0.2, 0) is 40.5 Å². The van der Waals surface area contributed by atoms with Crippen molar-refractivity contribution in [1.29, 1.82) is 0 Å². The molecule has 0 bridgehead atoms. The summed E-state index contributed by atoms with van der Waals surface area (Å²) in [6.07, 6.45) is 0. The minimum Gasteiger partial charge on any atom is -0.379 e. The molecular formula is C52H42N4O14S4. The van der Waals surface area contributed by atoms with Gasteiger partial charge in [0, 0.05) is 22.7 Å². The highest BCUT2D eigenvalue weighted by Crippen LogP contribution is 2.29. The molecule has 0 fully saturated rings. The Hall–Kier alpha value is -8.70. The van der Waals surface area contributed by atoms with Gasteiger partial charge >= 0.3 is 52.5 Å². The van der Waals surface area contributed by atoms with Crippen molar-refractivity contribution in [3.8, 4) is 34.1 Å². The van der Waals surface area contributed by atoms with Crippen molar-refractivity contribution in [2.75, 3.05) is 21.3 Å². The molecule has 0 aliphatic rings. The van der Waals surface area contributed by atoms with Crippen LogP contribution in [0.25, 0.3) is 11.1 Å². The monoisotopic (exact) mass is 1070 g/mol. The molecule has 0 aliphatic heterocycles. The van der Waals surface area contributed by atoms with Gasteiger partial charge in [-0.25, -0.2) is 9.59 Å². The Morgan fingerprint density at radius 2 is 0.473 bits per heavy atom. The first-order valence-electron chi connectivity index (χ1n) is 21.9. The Morgan fingerprint density at radius 1 is 0.284 bits per heavy atom. The SMILES string of the molecule is Cc1ccc(S(=O)(=O)Oc2ccc(NC(=O)Nc3ccc(OS(=O)(=O)c4ccc(-c5ccc(S(=O)(=O)Oc6ccc(NC(=O)Nc7ccc(OS(=O)(=O)c8ccc(C)cc8)cc7)cc6)cc5)cc4)cc3)cc2)cc1. The molecule has 0 heterocycles. The van der Waals surface area contributed by atoms with E-state index in [9.17, 15) is 43.3 Å². The predicted octanol–water partition coefficient (Wildman–Crippen LogP) is 10.3. The van der Waals surface area contributed by atoms with Crippen LogP contribution >= 0.6 is 0 Å². The molecule has 18 nitrogen and oxygen atoms in total. The molecule has 0 spiro atoms. The van der Waals surface area contributed by atoms with Crippen LogP contribution in [0, 0.1) is 13.8 Å². The van der Waals surface area contributed by atoms with E-state index in [0.29, 0.717) is 33.9 Å². The van der Waals surface area contributed by atoms with E-state index in [-0.39, 0.29) is 42.6 Å². The van der Waals surface area contributed by atoms with E-state index in [2.05, 4.69) is 21.3 Å². The molecule has 4 N–H and O–H groups in total. The third-order valence-corrected chi connectivity index (χ3v) is 15.6. The molecule has 0 unspecified atom stereocenters. The van der Waals surface area contributed by atoms with Gasteiger partial charge in [0.1, 0.15) is 42.6 Å². The van der Waals surface area contributed by atoms with Crippen LogP contribution in [0.2, 0.25) is 0 Å². The third kappa shape index (κ3) is 13.4. The van der Waals surface area contributed by atoms with Gasteiger partial charge in [-0.2, -0.15) is 33.7 Å². The summed E-state index contributed by atoms with van der Waals surface area (Å²) < 4.78 is 124. The summed E-state index contributed by atoms with van der Waals surface area (Å²) in [5.74, 6) is 0.0245. The van der Waals surface area contributed by atoms with Crippen molar-refractivity contribution < 1.29 is 60.0 Å². The number of anilines is 4. The average molecular weight is 1080 g/mol. The van der Waals surface area contributed by atoms with Crippen LogP contribution in [0.3, 0.4) is 0 Å². The number of benzene rings is 8. The summed E-state index contributed by atoms with van der Waals surface area (Å²) in [7, 11) is -16.7. The lowest BCUT2D eigenvalue weighted by Gasteiger charge is -2.11. The summed E-state index contributed by atoms with van der Waals surface area (Å²) in [5.41, 5.74) is 4.22. The van der Waals surface area contributed by atoms with Crippen molar-refractivity contribution in [3.05, 3.63) is 205 Å². The number of hydrogen-bond donors (Lipinski definition) is 4. The van der Waals surface area contributed by atoms with Gasteiger partial charge < -0.3 is 38.0 Å². The smallest absolute Gasteiger partial charge is 0.339 e. The number of hydrogen-bond acceptors (Lipinski definition) is 14. The molecule has 8 rings (SSSR count). The van der Waals surface area contributed by atoms with Crippen molar-refractivity contribution in [1.82, 2.24) is 0 Å². The standard InChI is InChI=1S/C52H42N4O14S4/c1-35-3-27-47(28-4-35)71(59,60)67-43-19-11-39(12-20-43)53-51(57)55-41-15-23-45(24-16-41)69-73(63,64)49-31-7-37(8-32-49)38-9-33-50(34-10-38)74(65,66)70-46-25-17-42(18-26-46)56-52(58)54-40-13-21-44(22-14-40)68-72(61,62)48-29-5-36(2)6-30-48/h3-34H,1-2H3,(H2,53,55,57)(H2,54,56,58). The Morgan fingerprint density at radius 3 is 0.676 bits per heavy atom. The van der Waals surface area contributed by atoms with Crippen LogP contribution in [-0.4, -0.2) is 45.7 Å². The first kappa shape index (κ1) is 51.6. The van der Waals surface area contributed by atoms with E-state index >= 15 is 0 Å². The third-order valence-electron chi connectivity index (χ3n) is 10.5. The van der Waals surface area contributed by atoms with Gasteiger partial charge in [0.15, 0.2) is 0 Å². The highest BCUT2D eigenvalue weighted by molar-refractivity contribution is 7.88. The first-order valence-corrected chi connectivity index (χ1v) is 27.5. The minimum absolute atomic E-state index is 0.000825. The fraction of sp³-hybridized carbons (Fsp3) is 0.0385. The highest BCUT2D eigenvalue weighted by Gasteiger charge is 2.21. The zero-order valence-electron chi connectivity index (χ0n) is 38.8. The molecule has 0 saturated heterocycles. The number of carbonyl (C=O) groups excluding carboxylic acids is 2. The maximum atomic E-state index is 13.2. The molecule has 0 aliphatic carbocycles. The normalized spacial score (nSPS) is 11.6. The maximum absolute atomic E-state index is 13.2. The predicted molar refractivity (Wildman–Crippen MR) is 277 cm³/mol. The van der Waals surface area contributed by atoms with Gasteiger partial charge in [-0.3, -0.25) is 0 Å². The van der Waals surface area contributed by atoms with Gasteiger partial charge in [-0.15, -0.1) is 0 Å². The second-order valence-electron chi connectivity index (χ2n) is 16.1. The summed E-state index contributed by atoms with van der Waals surface area (Å²) >= 11 is 0. The Labute approximate surface area is 427 Å². The van der Waals surface area contributed by atoms with Crippen molar-refractivity contribution >= 4 is 75.3 Å². The molecule has 0 saturated carbocycles. The molecular weight excluding hydrogens is 1030 g/mol. The number of rotatable bonds is 17. The van der Waals surface area contributed by atoms with E-state index in [0.717, 1.165) is 11.1 Å². The first-order chi connectivity index (χ1) is 35.2. The number of nitrogens with one attached hydrogen (secondary N) is 4. The quantitative estimate of drug-likeness (QED) is 0.0619. The summed E-state index contributed by atoms with van der Waals surface area (Å²) in [5, 5.41) is 10.4. The van der Waals surface area contributed by atoms with Crippen LogP contribution < -0.4 is 38.0 Å². The van der Waals surface area contributed by atoms with E-state index in [1.54, 1.807) is 24.3 Å². The molecule has 22 heteroatoms. The largest absolute Gasteiger partial charge is 0.379 e. The topological polar surface area (TPSA) is 256 Å². The Balaban J connectivity index is 0.785. The minimum atomic E-state index is -4.30. The van der Waals surface area contributed by atoms with E-state index < -0.39 is 52.5 Å². The fourth-order valence-corrected chi connectivity index (χ4v) is 10.4. The molecule has 74 heavy (non-hydrogen) atoms. The van der Waals surface area contributed by atoms with Gasteiger partial charge in [0.25, 0.3) is 0 Å². The number of carbonyl (C=O) groups is 2. The summed E-state index contributed by atoms with van der Waals surface area (Å²) in [6, 6.07) is 45.1. The number of amides is 4. The van der Waals surface area contributed by atoms with E-state index in [4.69, 9.17) is 16.7 Å². The lowest BCUT2D eigenvalue weighted by molar-refractivity contribution is 0.261. The van der Waals surface area contributed by atoms with Crippen molar-refractivity contribution in [2.24, 2.45) is 0 Å². The van der Waals surface area contributed by atoms with Crippen LogP contribution in [0.15, 0.2) is 214 Å². The fourth-order valence-electron chi connectivity index (χ4n) is 6.70. The zero-order valence-corrected chi connectivity index (χ0v) is 42.1. The molecule has 0 radical (unpaired) electrons. The average Bonchev–Trinajstić information content (AvgIpc) is 3.36. The lowest BCUT2D eigenvalue weighted by Crippen LogP contribution is -2.19. The molecule has 0 atom stereocenters. The van der Waals surface area contributed by atoms with Crippen molar-refractivity contribution in [2.45, 2.75) is 33.4 Å². The van der Waals surface area contributed by atoms with Crippen LogP contribution in [0.4, 0.5) is 32.3 Å². The van der Waals surface area contributed by atoms with E-state index in [1.807, 2.05) is 13.8 Å². The molecule has 378 valence electrons. The van der Waals surface area contributed by atoms with E-state index in [1.165, 1.54) is 170 Å². The molecule has 8 aromatic carbocycles. The summed E-state index contributed by atoms with van der Waals surface area (Å²) in [6.45, 7) is 3.66. The van der Waals surface area contributed by atoms with Crippen LogP contribution in [0.5, 0.6) is 23.0 Å². The molecule has 0 aromatic heterocycles. The molecule has 4 amide bonds. The van der Waals surface area contributed by atoms with Crippen molar-refractivity contribution in [3.63, 3.8) is 0 Å². The maximum Gasteiger partial charge on any atom is 0.339 e. The van der Waals surface area contributed by atoms with Gasteiger partial charge in [-0.05, 0) is 171 Å². The zero-order chi connectivity index (χ0) is 52.7. The molecule has 8 aromatic rings. The van der Waals surface area contributed by atoms with Gasteiger partial charge in [0.2, 0.25) is 0 Å². The van der Waals surface area contributed by atoms with Gasteiger partial charge in [-0.1, -0.05) is 59.7 Å². The summed E-state index contributed by atoms with van der Waals surface area (Å²) in [4.78, 5) is 25.0. The highest BCUT2D eigenvalue weighted by atomic mass is 32.2. The second-order valence-corrected chi connectivity index (χ2v) is 22.3. The lowest BCUT2D eigenvalue weighted by atomic mass is 10.1. The van der Waals surface area contributed by atoms with Crippen LogP contribution in [0.1, 0.15) is 11.1 Å². The Bertz CT molecular complexity index is 3520. The second kappa shape index (κ2) is 21.6. The Kier molecular flexibility index (Phi) is 15.1. The van der Waals surface area contributed by atoms with Gasteiger partial charge in [0.05, 0.1) is 0 Å².